The van der Waals surface area contributed by atoms with Crippen LogP contribution in [0.15, 0.2) is 12.1 Å². The van der Waals surface area contributed by atoms with Gasteiger partial charge in [0.25, 0.3) is 5.69 Å². The van der Waals surface area contributed by atoms with E-state index in [-0.39, 0.29) is 34.4 Å². The molecule has 9 heteroatoms. The molecular weight excluding hydrogens is 311 g/mol. The first-order valence-electron chi connectivity index (χ1n) is 5.62. The predicted octanol–water partition coefficient (Wildman–Crippen LogP) is 1.93. The lowest BCUT2D eigenvalue weighted by molar-refractivity contribution is -0.384. The molecule has 1 fully saturated rings. The van der Waals surface area contributed by atoms with E-state index < -0.39 is 23.0 Å². The van der Waals surface area contributed by atoms with E-state index in [0.717, 1.165) is 12.1 Å². The number of rotatable bonds is 3. The van der Waals surface area contributed by atoms with Gasteiger partial charge < -0.3 is 15.1 Å². The number of benzene rings is 1. The van der Waals surface area contributed by atoms with Gasteiger partial charge in [0.1, 0.15) is 6.04 Å². The van der Waals surface area contributed by atoms with Crippen LogP contribution in [0.2, 0.25) is 10.0 Å². The Kier molecular flexibility index (Phi) is 4.03. The Morgan fingerprint density at radius 3 is 2.40 bits per heavy atom. The zero-order valence-electron chi connectivity index (χ0n) is 9.99. The Morgan fingerprint density at radius 2 is 1.95 bits per heavy atom. The van der Waals surface area contributed by atoms with Crippen LogP contribution in [0, 0.1) is 10.1 Å². The summed E-state index contributed by atoms with van der Waals surface area (Å²) in [5, 5.41) is 29.4. The molecule has 0 aliphatic carbocycles. The Bertz CT molecular complexity index is 557. The number of hydrogen-bond donors (Lipinski definition) is 2. The quantitative estimate of drug-likeness (QED) is 0.651. The molecule has 1 aromatic rings. The molecule has 1 saturated heterocycles. The van der Waals surface area contributed by atoms with Gasteiger partial charge in [-0.3, -0.25) is 10.1 Å². The molecule has 2 atom stereocenters. The van der Waals surface area contributed by atoms with Gasteiger partial charge in [-0.05, 0) is 0 Å². The Morgan fingerprint density at radius 1 is 1.40 bits per heavy atom. The maximum atomic E-state index is 11.2. The Labute approximate surface area is 123 Å². The van der Waals surface area contributed by atoms with Crippen molar-refractivity contribution >= 4 is 40.5 Å². The van der Waals surface area contributed by atoms with Crippen molar-refractivity contribution in [2.24, 2.45) is 0 Å². The number of anilines is 1. The molecule has 0 amide bonds. The SMILES string of the molecule is O=C(O)C1CC(O)CN1c1c(Cl)cc([N+](=O)[O-])cc1Cl. The molecule has 1 aliphatic heterocycles. The number of hydrogen-bond acceptors (Lipinski definition) is 5. The molecule has 1 aliphatic rings. The molecule has 2 unspecified atom stereocenters. The molecule has 0 spiro atoms. The van der Waals surface area contributed by atoms with Crippen molar-refractivity contribution in [3.05, 3.63) is 32.3 Å². The van der Waals surface area contributed by atoms with Gasteiger partial charge in [0.2, 0.25) is 0 Å². The molecule has 2 rings (SSSR count). The minimum Gasteiger partial charge on any atom is -0.480 e. The molecule has 108 valence electrons. The number of aliphatic hydroxyl groups excluding tert-OH is 1. The number of nitrogens with zero attached hydrogens (tertiary/aromatic N) is 2. The summed E-state index contributed by atoms with van der Waals surface area (Å²) in [5.74, 6) is -1.12. The topological polar surface area (TPSA) is 104 Å². The normalized spacial score (nSPS) is 22.1. The summed E-state index contributed by atoms with van der Waals surface area (Å²) in [6.45, 7) is 0.0498. The molecule has 20 heavy (non-hydrogen) atoms. The van der Waals surface area contributed by atoms with Crippen molar-refractivity contribution < 1.29 is 19.9 Å². The molecule has 0 radical (unpaired) electrons. The Balaban J connectivity index is 2.47. The summed E-state index contributed by atoms with van der Waals surface area (Å²) in [7, 11) is 0. The van der Waals surface area contributed by atoms with E-state index in [2.05, 4.69) is 0 Å². The second-order valence-corrected chi connectivity index (χ2v) is 5.23. The summed E-state index contributed by atoms with van der Waals surface area (Å²) in [6, 6.07) is 1.24. The van der Waals surface area contributed by atoms with Gasteiger partial charge in [-0.2, -0.15) is 0 Å². The van der Waals surface area contributed by atoms with Crippen LogP contribution < -0.4 is 4.90 Å². The van der Waals surface area contributed by atoms with Crippen LogP contribution in [0.25, 0.3) is 0 Å². The molecule has 7 nitrogen and oxygen atoms in total. The van der Waals surface area contributed by atoms with Gasteiger partial charge in [0.05, 0.1) is 26.8 Å². The van der Waals surface area contributed by atoms with E-state index in [1.165, 1.54) is 4.90 Å². The van der Waals surface area contributed by atoms with Crippen LogP contribution >= 0.6 is 23.2 Å². The van der Waals surface area contributed by atoms with Crippen LogP contribution in [0.3, 0.4) is 0 Å². The number of aliphatic carboxylic acids is 1. The molecule has 0 aromatic heterocycles. The smallest absolute Gasteiger partial charge is 0.326 e. The molecule has 0 bridgehead atoms. The third-order valence-corrected chi connectivity index (χ3v) is 3.64. The zero-order chi connectivity index (χ0) is 15.0. The van der Waals surface area contributed by atoms with E-state index in [0.29, 0.717) is 0 Å². The van der Waals surface area contributed by atoms with Gasteiger partial charge in [0.15, 0.2) is 0 Å². The van der Waals surface area contributed by atoms with Gasteiger partial charge in [-0.25, -0.2) is 4.79 Å². The minimum atomic E-state index is -1.12. The monoisotopic (exact) mass is 320 g/mol. The van der Waals surface area contributed by atoms with E-state index in [1.54, 1.807) is 0 Å². The number of aliphatic hydroxyl groups is 1. The number of carboxylic acid groups (broad SMARTS) is 1. The second-order valence-electron chi connectivity index (χ2n) is 4.41. The highest BCUT2D eigenvalue weighted by molar-refractivity contribution is 6.39. The van der Waals surface area contributed by atoms with Crippen LogP contribution in [0.1, 0.15) is 6.42 Å². The van der Waals surface area contributed by atoms with Crippen molar-refractivity contribution in [2.45, 2.75) is 18.6 Å². The van der Waals surface area contributed by atoms with Crippen LogP contribution in [-0.2, 0) is 4.79 Å². The van der Waals surface area contributed by atoms with Gasteiger partial charge in [-0.1, -0.05) is 23.2 Å². The lowest BCUT2D eigenvalue weighted by Crippen LogP contribution is -2.36. The van der Waals surface area contributed by atoms with Crippen molar-refractivity contribution in [1.82, 2.24) is 0 Å². The first kappa shape index (κ1) is 14.8. The van der Waals surface area contributed by atoms with Crippen molar-refractivity contribution in [2.75, 3.05) is 11.4 Å². The number of nitro benzene ring substituents is 1. The fourth-order valence-corrected chi connectivity index (χ4v) is 2.92. The summed E-state index contributed by atoms with van der Waals surface area (Å²) >= 11 is 11.9. The first-order chi connectivity index (χ1) is 9.31. The lowest BCUT2D eigenvalue weighted by Gasteiger charge is -2.25. The third kappa shape index (κ3) is 2.65. The van der Waals surface area contributed by atoms with Gasteiger partial charge in [-0.15, -0.1) is 0 Å². The van der Waals surface area contributed by atoms with Crippen LogP contribution in [-0.4, -0.2) is 39.8 Å². The number of β-amino-alcohol motifs (C(OH)–C–C–N with tert-alkyl or cyclic N) is 1. The molecule has 1 heterocycles. The van der Waals surface area contributed by atoms with E-state index >= 15 is 0 Å². The van der Waals surface area contributed by atoms with Crippen LogP contribution in [0.4, 0.5) is 11.4 Å². The van der Waals surface area contributed by atoms with Crippen molar-refractivity contribution in [1.29, 1.82) is 0 Å². The van der Waals surface area contributed by atoms with E-state index in [4.69, 9.17) is 28.3 Å². The molecule has 2 N–H and O–H groups in total. The largest absolute Gasteiger partial charge is 0.480 e. The maximum absolute atomic E-state index is 11.2. The molecule has 0 saturated carbocycles. The number of non-ortho nitro benzene ring substituents is 1. The minimum absolute atomic E-state index is 0.0236. The standard InChI is InChI=1S/C11H10Cl2N2O5/c12-7-1-5(15(19)20)2-8(13)10(7)14-4-6(16)3-9(14)11(17)18/h1-2,6,9,16H,3-4H2,(H,17,18). The van der Waals surface area contributed by atoms with Crippen molar-refractivity contribution in [3.8, 4) is 0 Å². The van der Waals surface area contributed by atoms with E-state index in [9.17, 15) is 20.0 Å². The van der Waals surface area contributed by atoms with Gasteiger partial charge in [0, 0.05) is 25.1 Å². The summed E-state index contributed by atoms with van der Waals surface area (Å²) < 4.78 is 0. The number of halogens is 2. The maximum Gasteiger partial charge on any atom is 0.326 e. The highest BCUT2D eigenvalue weighted by Gasteiger charge is 2.38. The van der Waals surface area contributed by atoms with E-state index in [1.807, 2.05) is 0 Å². The zero-order valence-corrected chi connectivity index (χ0v) is 11.5. The summed E-state index contributed by atoms with van der Waals surface area (Å²) in [5.41, 5.74) is -0.0988. The molecular formula is C11H10Cl2N2O5. The third-order valence-electron chi connectivity index (χ3n) is 3.06. The number of carbonyl (C=O) groups is 1. The fraction of sp³-hybridized carbons (Fsp3) is 0.364. The fourth-order valence-electron chi connectivity index (χ4n) is 2.23. The average molecular weight is 321 g/mol. The predicted molar refractivity (Wildman–Crippen MR) is 72.5 cm³/mol. The summed E-state index contributed by atoms with van der Waals surface area (Å²) in [4.78, 5) is 22.6. The van der Waals surface area contributed by atoms with Crippen LogP contribution in [0.5, 0.6) is 0 Å². The average Bonchev–Trinajstić information content (AvgIpc) is 2.70. The highest BCUT2D eigenvalue weighted by Crippen LogP contribution is 2.40. The molecule has 1 aromatic carbocycles. The number of carboxylic acids is 1. The number of nitro groups is 1. The second kappa shape index (κ2) is 5.43. The van der Waals surface area contributed by atoms with Gasteiger partial charge >= 0.3 is 5.97 Å². The lowest BCUT2D eigenvalue weighted by atomic mass is 10.2. The highest BCUT2D eigenvalue weighted by atomic mass is 35.5. The Hall–Kier alpha value is -1.57. The van der Waals surface area contributed by atoms with Crippen molar-refractivity contribution in [3.63, 3.8) is 0 Å². The first-order valence-corrected chi connectivity index (χ1v) is 6.37. The summed E-state index contributed by atoms with van der Waals surface area (Å²) in [6.07, 6.45) is -0.780.